The maximum absolute atomic E-state index is 9.34. The fraction of sp³-hybridized carbons (Fsp3) is 0.273. The summed E-state index contributed by atoms with van der Waals surface area (Å²) in [6.45, 7) is 1.87. The van der Waals surface area contributed by atoms with Crippen molar-refractivity contribution in [2.75, 3.05) is 0 Å². The van der Waals surface area contributed by atoms with E-state index in [1.807, 2.05) is 43.3 Å². The van der Waals surface area contributed by atoms with E-state index in [0.717, 1.165) is 11.1 Å². The molecule has 2 heteroatoms. The van der Waals surface area contributed by atoms with Gasteiger partial charge in [-0.15, -0.1) is 0 Å². The van der Waals surface area contributed by atoms with Crippen LogP contribution in [0.5, 0.6) is 0 Å². The summed E-state index contributed by atoms with van der Waals surface area (Å²) >= 11 is 0. The molecule has 0 radical (unpaired) electrons. The number of aliphatic hydroxyl groups excluding tert-OH is 1. The first-order valence-electron chi connectivity index (χ1n) is 4.34. The van der Waals surface area contributed by atoms with Crippen molar-refractivity contribution in [3.05, 3.63) is 47.5 Å². The standard InChI is InChI=1S/C11H12O2/c1-8-7-10(13-11(8)12)9-5-3-2-4-6-9/h2-7,10-12H,1H3. The lowest BCUT2D eigenvalue weighted by atomic mass is 10.1. The molecule has 0 amide bonds. The van der Waals surface area contributed by atoms with Gasteiger partial charge < -0.3 is 9.84 Å². The first-order chi connectivity index (χ1) is 6.27. The molecule has 2 rings (SSSR count). The molecule has 0 spiro atoms. The second-order valence-corrected chi connectivity index (χ2v) is 3.23. The van der Waals surface area contributed by atoms with E-state index >= 15 is 0 Å². The van der Waals surface area contributed by atoms with Crippen LogP contribution in [0.3, 0.4) is 0 Å². The van der Waals surface area contributed by atoms with E-state index < -0.39 is 6.29 Å². The molecule has 2 atom stereocenters. The normalized spacial score (nSPS) is 27.4. The summed E-state index contributed by atoms with van der Waals surface area (Å²) in [6, 6.07) is 9.88. The zero-order valence-electron chi connectivity index (χ0n) is 7.47. The van der Waals surface area contributed by atoms with Gasteiger partial charge in [-0.3, -0.25) is 0 Å². The number of hydrogen-bond acceptors (Lipinski definition) is 2. The van der Waals surface area contributed by atoms with Gasteiger partial charge in [0.1, 0.15) is 6.10 Å². The number of rotatable bonds is 1. The van der Waals surface area contributed by atoms with Crippen molar-refractivity contribution in [1.82, 2.24) is 0 Å². The van der Waals surface area contributed by atoms with Crippen LogP contribution in [0, 0.1) is 0 Å². The Bertz CT molecular complexity index is 316. The fourth-order valence-corrected chi connectivity index (χ4v) is 1.42. The van der Waals surface area contributed by atoms with Crippen LogP contribution in [0.25, 0.3) is 0 Å². The molecule has 1 aromatic carbocycles. The number of aliphatic hydroxyl groups is 1. The Morgan fingerprint density at radius 1 is 1.23 bits per heavy atom. The van der Waals surface area contributed by atoms with E-state index in [9.17, 15) is 5.11 Å². The molecule has 1 N–H and O–H groups in total. The van der Waals surface area contributed by atoms with Crippen LogP contribution in [0.15, 0.2) is 42.0 Å². The average molecular weight is 176 g/mol. The highest BCUT2D eigenvalue weighted by atomic mass is 16.6. The summed E-state index contributed by atoms with van der Waals surface area (Å²) < 4.78 is 5.32. The van der Waals surface area contributed by atoms with Gasteiger partial charge in [0.05, 0.1) is 0 Å². The number of ether oxygens (including phenoxy) is 1. The van der Waals surface area contributed by atoms with Crippen LogP contribution >= 0.6 is 0 Å². The molecule has 0 bridgehead atoms. The summed E-state index contributed by atoms with van der Waals surface area (Å²) in [6.07, 6.45) is 1.13. The van der Waals surface area contributed by atoms with Gasteiger partial charge in [0.2, 0.25) is 0 Å². The zero-order valence-corrected chi connectivity index (χ0v) is 7.47. The molecule has 0 saturated heterocycles. The van der Waals surface area contributed by atoms with Gasteiger partial charge in [-0.25, -0.2) is 0 Å². The lowest BCUT2D eigenvalue weighted by molar-refractivity contribution is -0.0804. The fourth-order valence-electron chi connectivity index (χ4n) is 1.42. The maximum atomic E-state index is 9.34. The predicted octanol–water partition coefficient (Wildman–Crippen LogP) is 2.02. The predicted molar refractivity (Wildman–Crippen MR) is 50.0 cm³/mol. The van der Waals surface area contributed by atoms with Crippen LogP contribution in [-0.2, 0) is 4.74 Å². The zero-order chi connectivity index (χ0) is 9.26. The van der Waals surface area contributed by atoms with Crippen molar-refractivity contribution in [1.29, 1.82) is 0 Å². The first-order valence-corrected chi connectivity index (χ1v) is 4.34. The second-order valence-electron chi connectivity index (χ2n) is 3.23. The Hall–Kier alpha value is -1.12. The molecule has 2 unspecified atom stereocenters. The minimum absolute atomic E-state index is 0.0869. The quantitative estimate of drug-likeness (QED) is 0.663. The van der Waals surface area contributed by atoms with Crippen molar-refractivity contribution in [3.8, 4) is 0 Å². The monoisotopic (exact) mass is 176 g/mol. The van der Waals surface area contributed by atoms with Gasteiger partial charge in [0.15, 0.2) is 6.29 Å². The highest BCUT2D eigenvalue weighted by molar-refractivity contribution is 5.25. The molecule has 0 saturated carbocycles. The summed E-state index contributed by atoms with van der Waals surface area (Å²) in [4.78, 5) is 0. The third kappa shape index (κ3) is 1.64. The van der Waals surface area contributed by atoms with Crippen molar-refractivity contribution in [2.24, 2.45) is 0 Å². The lowest BCUT2D eigenvalue weighted by Gasteiger charge is -2.10. The van der Waals surface area contributed by atoms with E-state index in [1.54, 1.807) is 0 Å². The van der Waals surface area contributed by atoms with Crippen LogP contribution in [0.2, 0.25) is 0 Å². The van der Waals surface area contributed by atoms with Crippen molar-refractivity contribution in [2.45, 2.75) is 19.3 Å². The topological polar surface area (TPSA) is 29.5 Å². The molecule has 1 aliphatic heterocycles. The Kier molecular flexibility index (Phi) is 2.17. The first kappa shape index (κ1) is 8.48. The molecule has 1 aliphatic rings. The largest absolute Gasteiger partial charge is 0.364 e. The highest BCUT2D eigenvalue weighted by Crippen LogP contribution is 2.29. The van der Waals surface area contributed by atoms with Gasteiger partial charge in [-0.1, -0.05) is 30.3 Å². The summed E-state index contributed by atoms with van der Waals surface area (Å²) in [7, 11) is 0. The van der Waals surface area contributed by atoms with Crippen LogP contribution in [0.1, 0.15) is 18.6 Å². The van der Waals surface area contributed by atoms with Gasteiger partial charge in [0.25, 0.3) is 0 Å². The molecule has 1 aromatic rings. The van der Waals surface area contributed by atoms with Crippen molar-refractivity contribution < 1.29 is 9.84 Å². The Labute approximate surface area is 77.5 Å². The van der Waals surface area contributed by atoms with Gasteiger partial charge in [-0.05, 0) is 24.1 Å². The number of benzene rings is 1. The average Bonchev–Trinajstić information content (AvgIpc) is 2.49. The van der Waals surface area contributed by atoms with Crippen LogP contribution < -0.4 is 0 Å². The molecule has 13 heavy (non-hydrogen) atoms. The minimum Gasteiger partial charge on any atom is -0.364 e. The van der Waals surface area contributed by atoms with Crippen molar-refractivity contribution in [3.63, 3.8) is 0 Å². The smallest absolute Gasteiger partial charge is 0.178 e. The Morgan fingerprint density at radius 2 is 1.92 bits per heavy atom. The molecule has 0 aromatic heterocycles. The highest BCUT2D eigenvalue weighted by Gasteiger charge is 2.22. The molecule has 0 fully saturated rings. The number of hydrogen-bond donors (Lipinski definition) is 1. The van der Waals surface area contributed by atoms with E-state index in [2.05, 4.69) is 0 Å². The van der Waals surface area contributed by atoms with Gasteiger partial charge in [0, 0.05) is 0 Å². The maximum Gasteiger partial charge on any atom is 0.178 e. The van der Waals surface area contributed by atoms with E-state index in [1.165, 1.54) is 0 Å². The van der Waals surface area contributed by atoms with Crippen LogP contribution in [0.4, 0.5) is 0 Å². The Balaban J connectivity index is 2.22. The molecular formula is C11H12O2. The van der Waals surface area contributed by atoms with Gasteiger partial charge in [-0.2, -0.15) is 0 Å². The summed E-state index contributed by atoms with van der Waals surface area (Å²) in [5, 5.41) is 9.34. The summed E-state index contributed by atoms with van der Waals surface area (Å²) in [5.74, 6) is 0. The SMILES string of the molecule is CC1=CC(c2ccccc2)OC1O. The molecule has 68 valence electrons. The molecule has 0 aliphatic carbocycles. The van der Waals surface area contributed by atoms with Gasteiger partial charge >= 0.3 is 0 Å². The molecular weight excluding hydrogens is 164 g/mol. The van der Waals surface area contributed by atoms with Crippen molar-refractivity contribution >= 4 is 0 Å². The van der Waals surface area contributed by atoms with E-state index in [4.69, 9.17) is 4.74 Å². The third-order valence-corrected chi connectivity index (χ3v) is 2.21. The Morgan fingerprint density at radius 3 is 2.46 bits per heavy atom. The van der Waals surface area contributed by atoms with E-state index in [0.29, 0.717) is 0 Å². The summed E-state index contributed by atoms with van der Waals surface area (Å²) in [5.41, 5.74) is 1.97. The lowest BCUT2D eigenvalue weighted by Crippen LogP contribution is -2.07. The second kappa shape index (κ2) is 3.32. The molecule has 1 heterocycles. The molecule has 2 nitrogen and oxygen atoms in total. The third-order valence-electron chi connectivity index (χ3n) is 2.21. The minimum atomic E-state index is -0.731. The van der Waals surface area contributed by atoms with E-state index in [-0.39, 0.29) is 6.10 Å². The van der Waals surface area contributed by atoms with Crippen LogP contribution in [-0.4, -0.2) is 11.4 Å².